The zero-order chi connectivity index (χ0) is 25.3. The van der Waals surface area contributed by atoms with Gasteiger partial charge in [0.15, 0.2) is 5.69 Å². The van der Waals surface area contributed by atoms with Crippen LogP contribution in [0.15, 0.2) is 52.6 Å². The van der Waals surface area contributed by atoms with Gasteiger partial charge in [-0.2, -0.15) is 9.78 Å². The number of nitrogens with one attached hydrogen (secondary N) is 1. The van der Waals surface area contributed by atoms with E-state index >= 15 is 0 Å². The van der Waals surface area contributed by atoms with Gasteiger partial charge in [-0.1, -0.05) is 29.3 Å². The molecule has 0 fully saturated rings. The molecule has 0 spiro atoms. The van der Waals surface area contributed by atoms with Crippen molar-refractivity contribution in [2.45, 2.75) is 13.8 Å². The van der Waals surface area contributed by atoms with Gasteiger partial charge in [0.25, 0.3) is 17.2 Å². The summed E-state index contributed by atoms with van der Waals surface area (Å²) >= 11 is 6.92. The van der Waals surface area contributed by atoms with E-state index in [1.807, 2.05) is 6.92 Å². The van der Waals surface area contributed by atoms with E-state index in [4.69, 9.17) is 16.3 Å². The maximum atomic E-state index is 13.5. The minimum atomic E-state index is -0.835. The number of nitro benzene ring substituents is 1. The molecule has 4 aromatic rings. The molecule has 0 aliphatic carbocycles. The van der Waals surface area contributed by atoms with E-state index in [1.165, 1.54) is 17.5 Å². The summed E-state index contributed by atoms with van der Waals surface area (Å²) in [4.78, 5) is 49.8. The molecule has 0 aliphatic heterocycles. The number of esters is 1. The van der Waals surface area contributed by atoms with Gasteiger partial charge < -0.3 is 10.1 Å². The number of fused-ring (bicyclic) bond motifs is 1. The Morgan fingerprint density at radius 3 is 2.60 bits per heavy atom. The molecule has 2 aromatic carbocycles. The lowest BCUT2D eigenvalue weighted by molar-refractivity contribution is -0.385. The van der Waals surface area contributed by atoms with Crippen LogP contribution in [0.5, 0.6) is 0 Å². The molecule has 4 rings (SSSR count). The second-order valence-corrected chi connectivity index (χ2v) is 8.66. The van der Waals surface area contributed by atoms with Gasteiger partial charge in [-0.15, -0.1) is 11.3 Å². The number of aromatic nitrogens is 2. The van der Waals surface area contributed by atoms with Gasteiger partial charge in [0, 0.05) is 21.9 Å². The molecular formula is C23H17ClN4O6S. The summed E-state index contributed by atoms with van der Waals surface area (Å²) in [5.41, 5.74) is -0.0510. The summed E-state index contributed by atoms with van der Waals surface area (Å²) in [6, 6.07) is 10.5. The van der Waals surface area contributed by atoms with Crippen LogP contribution in [0, 0.1) is 17.0 Å². The summed E-state index contributed by atoms with van der Waals surface area (Å²) < 4.78 is 6.17. The summed E-state index contributed by atoms with van der Waals surface area (Å²) in [6.45, 7) is 3.62. The van der Waals surface area contributed by atoms with Crippen LogP contribution in [0.3, 0.4) is 0 Å². The molecule has 0 saturated heterocycles. The van der Waals surface area contributed by atoms with Crippen molar-refractivity contribution in [3.05, 3.63) is 90.2 Å². The van der Waals surface area contributed by atoms with Gasteiger partial charge in [0.05, 0.1) is 22.6 Å². The Morgan fingerprint density at radius 1 is 1.23 bits per heavy atom. The Bertz CT molecular complexity index is 1540. The summed E-state index contributed by atoms with van der Waals surface area (Å²) in [7, 11) is 0. The third kappa shape index (κ3) is 4.63. The normalized spacial score (nSPS) is 10.8. The van der Waals surface area contributed by atoms with Crippen molar-refractivity contribution in [3.8, 4) is 5.69 Å². The number of aryl methyl sites for hydroxylation is 1. The first-order chi connectivity index (χ1) is 16.7. The number of amides is 1. The highest BCUT2D eigenvalue weighted by molar-refractivity contribution is 7.16. The standard InChI is InChI=1S/C23H17ClN4O6S/c1-3-34-23(31)19-16-11-35-21(25-20(29)15-10-13(24)6-9-17(15)28(32)33)18(16)22(30)27(26-19)14-7-4-12(2)5-8-14/h4-11H,3H2,1-2H3,(H,25,29). The number of carbonyl (C=O) groups is 2. The van der Waals surface area contributed by atoms with Crippen LogP contribution in [-0.4, -0.2) is 33.2 Å². The minimum absolute atomic E-state index is 0.0201. The van der Waals surface area contributed by atoms with Crippen LogP contribution in [-0.2, 0) is 4.74 Å². The largest absolute Gasteiger partial charge is 0.461 e. The second-order valence-electron chi connectivity index (χ2n) is 7.35. The van der Waals surface area contributed by atoms with Crippen molar-refractivity contribution in [1.29, 1.82) is 0 Å². The van der Waals surface area contributed by atoms with Gasteiger partial charge in [0.1, 0.15) is 10.6 Å². The quantitative estimate of drug-likeness (QED) is 0.224. The molecule has 1 amide bonds. The fourth-order valence-electron chi connectivity index (χ4n) is 3.37. The Balaban J connectivity index is 1.89. The number of halogens is 1. The smallest absolute Gasteiger partial charge is 0.359 e. The van der Waals surface area contributed by atoms with Crippen molar-refractivity contribution in [2.24, 2.45) is 0 Å². The molecule has 12 heteroatoms. The molecule has 0 atom stereocenters. The van der Waals surface area contributed by atoms with Gasteiger partial charge in [0.2, 0.25) is 0 Å². The van der Waals surface area contributed by atoms with Gasteiger partial charge in [-0.3, -0.25) is 19.7 Å². The molecule has 0 aliphatic rings. The summed E-state index contributed by atoms with van der Waals surface area (Å²) in [5, 5.41) is 20.1. The van der Waals surface area contributed by atoms with Crippen molar-refractivity contribution < 1.29 is 19.2 Å². The van der Waals surface area contributed by atoms with Crippen LogP contribution in [0.4, 0.5) is 10.7 Å². The molecule has 1 N–H and O–H groups in total. The molecule has 35 heavy (non-hydrogen) atoms. The molecule has 0 unspecified atom stereocenters. The summed E-state index contributed by atoms with van der Waals surface area (Å²) in [6.07, 6.45) is 0. The van der Waals surface area contributed by atoms with E-state index in [2.05, 4.69) is 10.4 Å². The number of benzene rings is 2. The Hall–Kier alpha value is -4.09. The topological polar surface area (TPSA) is 133 Å². The third-order valence-electron chi connectivity index (χ3n) is 5.03. The van der Waals surface area contributed by atoms with Gasteiger partial charge >= 0.3 is 5.97 Å². The number of nitro groups is 1. The first-order valence-electron chi connectivity index (χ1n) is 10.2. The maximum Gasteiger partial charge on any atom is 0.359 e. The number of ether oxygens (including phenoxy) is 1. The SMILES string of the molecule is CCOC(=O)c1nn(-c2ccc(C)cc2)c(=O)c2c(NC(=O)c3cc(Cl)ccc3[N+](=O)[O-])scc12. The van der Waals surface area contributed by atoms with E-state index in [-0.39, 0.29) is 38.7 Å². The van der Waals surface area contributed by atoms with E-state index < -0.39 is 28.0 Å². The van der Waals surface area contributed by atoms with Gasteiger partial charge in [-0.25, -0.2) is 4.79 Å². The predicted octanol–water partition coefficient (Wildman–Crippen LogP) is 4.75. The van der Waals surface area contributed by atoms with Crippen LogP contribution < -0.4 is 10.9 Å². The molecule has 2 aromatic heterocycles. The minimum Gasteiger partial charge on any atom is -0.461 e. The van der Waals surface area contributed by atoms with E-state index in [0.29, 0.717) is 5.69 Å². The molecule has 0 bridgehead atoms. The number of anilines is 1. The lowest BCUT2D eigenvalue weighted by atomic mass is 10.1. The molecule has 0 radical (unpaired) electrons. The van der Waals surface area contributed by atoms with Crippen molar-refractivity contribution in [1.82, 2.24) is 9.78 Å². The van der Waals surface area contributed by atoms with Crippen LogP contribution in [0.2, 0.25) is 5.02 Å². The van der Waals surface area contributed by atoms with Crippen LogP contribution in [0.25, 0.3) is 16.5 Å². The van der Waals surface area contributed by atoms with Crippen molar-refractivity contribution in [3.63, 3.8) is 0 Å². The fourth-order valence-corrected chi connectivity index (χ4v) is 4.48. The Kier molecular flexibility index (Phi) is 6.63. The number of hydrogen-bond acceptors (Lipinski definition) is 8. The molecule has 178 valence electrons. The van der Waals surface area contributed by atoms with Gasteiger partial charge in [-0.05, 0) is 38.1 Å². The highest BCUT2D eigenvalue weighted by Crippen LogP contribution is 2.32. The highest BCUT2D eigenvalue weighted by atomic mass is 35.5. The number of carbonyl (C=O) groups excluding carboxylic acids is 2. The molecule has 0 saturated carbocycles. The number of thiophene rings is 1. The van der Waals surface area contributed by atoms with Crippen molar-refractivity contribution >= 4 is 56.3 Å². The molecular weight excluding hydrogens is 496 g/mol. The highest BCUT2D eigenvalue weighted by Gasteiger charge is 2.25. The zero-order valence-corrected chi connectivity index (χ0v) is 20.0. The fraction of sp³-hybridized carbons (Fsp3) is 0.130. The average Bonchev–Trinajstić information content (AvgIpc) is 3.24. The van der Waals surface area contributed by atoms with E-state index in [9.17, 15) is 24.5 Å². The number of nitrogens with zero attached hydrogens (tertiary/aromatic N) is 3. The molecule has 10 nitrogen and oxygen atoms in total. The van der Waals surface area contributed by atoms with Crippen LogP contribution >= 0.6 is 22.9 Å². The van der Waals surface area contributed by atoms with E-state index in [1.54, 1.807) is 31.2 Å². The predicted molar refractivity (Wildman–Crippen MR) is 132 cm³/mol. The maximum absolute atomic E-state index is 13.5. The van der Waals surface area contributed by atoms with Crippen molar-refractivity contribution in [2.75, 3.05) is 11.9 Å². The third-order valence-corrected chi connectivity index (χ3v) is 6.16. The average molecular weight is 513 g/mol. The first-order valence-corrected chi connectivity index (χ1v) is 11.5. The number of rotatable bonds is 6. The second kappa shape index (κ2) is 9.65. The van der Waals surface area contributed by atoms with E-state index in [0.717, 1.165) is 27.6 Å². The lowest BCUT2D eigenvalue weighted by Gasteiger charge is -2.10. The number of hydrogen-bond donors (Lipinski definition) is 1. The first kappa shape index (κ1) is 24.0. The summed E-state index contributed by atoms with van der Waals surface area (Å²) in [5.74, 6) is -1.57. The Labute approximate surface area is 206 Å². The monoisotopic (exact) mass is 512 g/mol. The Morgan fingerprint density at radius 2 is 1.94 bits per heavy atom. The van der Waals surface area contributed by atoms with Crippen LogP contribution in [0.1, 0.15) is 33.3 Å². The molecule has 2 heterocycles. The zero-order valence-electron chi connectivity index (χ0n) is 18.4. The lowest BCUT2D eigenvalue weighted by Crippen LogP contribution is -2.25.